The normalized spacial score (nSPS) is 12.3. The van der Waals surface area contributed by atoms with E-state index < -0.39 is 5.92 Å². The Labute approximate surface area is 118 Å². The zero-order valence-electron chi connectivity index (χ0n) is 12.3. The Morgan fingerprint density at radius 3 is 2.75 bits per heavy atom. The Morgan fingerprint density at radius 2 is 2.10 bits per heavy atom. The molecule has 0 radical (unpaired) electrons. The monoisotopic (exact) mass is 286 g/mol. The summed E-state index contributed by atoms with van der Waals surface area (Å²) in [5, 5.41) is 3.84. The molecule has 0 spiro atoms. The molecule has 0 saturated carbocycles. The molecule has 0 N–H and O–H groups in total. The molecule has 0 aliphatic rings. The second kappa shape index (κ2) is 9.44. The van der Waals surface area contributed by atoms with Gasteiger partial charge in [0.2, 0.25) is 5.89 Å². The first-order valence-corrected chi connectivity index (χ1v) is 6.78. The van der Waals surface area contributed by atoms with Crippen LogP contribution in [0, 0.1) is 0 Å². The topological polar surface area (TPSA) is 83.7 Å². The second-order valence-electron chi connectivity index (χ2n) is 4.12. The maximum Gasteiger partial charge on any atom is 0.318 e. The minimum atomic E-state index is -0.495. The van der Waals surface area contributed by atoms with E-state index in [4.69, 9.17) is 18.7 Å². The number of hydrogen-bond acceptors (Lipinski definition) is 7. The average Bonchev–Trinajstić information content (AvgIpc) is 2.88. The van der Waals surface area contributed by atoms with Crippen LogP contribution in [-0.4, -0.2) is 49.6 Å². The maximum atomic E-state index is 11.7. The van der Waals surface area contributed by atoms with Crippen molar-refractivity contribution in [1.82, 2.24) is 10.1 Å². The summed E-state index contributed by atoms with van der Waals surface area (Å²) < 4.78 is 20.3. The first-order valence-electron chi connectivity index (χ1n) is 6.78. The molecule has 1 heterocycles. The Bertz CT molecular complexity index is 394. The fourth-order valence-electron chi connectivity index (χ4n) is 1.60. The molecule has 0 fully saturated rings. The first-order chi connectivity index (χ1) is 9.72. The standard InChI is InChI=1S/C13H22N2O5/c1-4-10(13(16)19-5-2)12-14-11(15-20-12)6-7-18-9-8-17-3/h10H,4-9H2,1-3H3. The highest BCUT2D eigenvalue weighted by molar-refractivity contribution is 5.76. The van der Waals surface area contributed by atoms with Gasteiger partial charge in [0.25, 0.3) is 0 Å². The summed E-state index contributed by atoms with van der Waals surface area (Å²) in [5.74, 6) is 0.00478. The van der Waals surface area contributed by atoms with Gasteiger partial charge in [-0.15, -0.1) is 0 Å². The zero-order chi connectivity index (χ0) is 14.8. The molecule has 7 nitrogen and oxygen atoms in total. The SMILES string of the molecule is CCOC(=O)C(CC)c1nc(CCOCCOC)no1. The smallest absolute Gasteiger partial charge is 0.318 e. The lowest BCUT2D eigenvalue weighted by Gasteiger charge is -2.08. The van der Waals surface area contributed by atoms with E-state index in [-0.39, 0.29) is 5.97 Å². The molecule has 1 aromatic rings. The van der Waals surface area contributed by atoms with Crippen molar-refractivity contribution >= 4 is 5.97 Å². The van der Waals surface area contributed by atoms with Crippen LogP contribution >= 0.6 is 0 Å². The van der Waals surface area contributed by atoms with Gasteiger partial charge in [-0.2, -0.15) is 4.98 Å². The summed E-state index contributed by atoms with van der Waals surface area (Å²) in [6.07, 6.45) is 1.09. The fourth-order valence-corrected chi connectivity index (χ4v) is 1.60. The van der Waals surface area contributed by atoms with E-state index in [1.165, 1.54) is 0 Å². The Morgan fingerprint density at radius 1 is 1.30 bits per heavy atom. The molecule has 1 unspecified atom stereocenters. The molecule has 0 aliphatic carbocycles. The minimum Gasteiger partial charge on any atom is -0.465 e. The molecule has 114 valence electrons. The summed E-state index contributed by atoms with van der Waals surface area (Å²) >= 11 is 0. The van der Waals surface area contributed by atoms with Crippen molar-refractivity contribution in [2.24, 2.45) is 0 Å². The summed E-state index contributed by atoms with van der Waals surface area (Å²) in [4.78, 5) is 15.9. The molecule has 1 rings (SSSR count). The van der Waals surface area contributed by atoms with Crippen molar-refractivity contribution in [3.8, 4) is 0 Å². The van der Waals surface area contributed by atoms with E-state index in [9.17, 15) is 4.79 Å². The first kappa shape index (κ1) is 16.6. The Kier molecular flexibility index (Phi) is 7.82. The van der Waals surface area contributed by atoms with Gasteiger partial charge in [0.15, 0.2) is 5.82 Å². The lowest BCUT2D eigenvalue weighted by Crippen LogP contribution is -2.15. The van der Waals surface area contributed by atoms with E-state index in [1.807, 2.05) is 6.92 Å². The van der Waals surface area contributed by atoms with E-state index in [2.05, 4.69) is 10.1 Å². The largest absolute Gasteiger partial charge is 0.465 e. The predicted molar refractivity (Wildman–Crippen MR) is 70.4 cm³/mol. The highest BCUT2D eigenvalue weighted by atomic mass is 16.5. The predicted octanol–water partition coefficient (Wildman–Crippen LogP) is 1.33. The number of nitrogens with zero attached hydrogens (tertiary/aromatic N) is 2. The summed E-state index contributed by atoms with van der Waals surface area (Å²) in [6, 6.07) is 0. The third kappa shape index (κ3) is 5.26. The molecule has 20 heavy (non-hydrogen) atoms. The number of ether oxygens (including phenoxy) is 3. The third-order valence-electron chi connectivity index (χ3n) is 2.66. The number of methoxy groups -OCH3 is 1. The number of hydrogen-bond donors (Lipinski definition) is 0. The number of carbonyl (C=O) groups excluding carboxylic acids is 1. The Hall–Kier alpha value is -1.47. The van der Waals surface area contributed by atoms with Gasteiger partial charge < -0.3 is 18.7 Å². The molecule has 1 aromatic heterocycles. The lowest BCUT2D eigenvalue weighted by molar-refractivity contribution is -0.145. The van der Waals surface area contributed by atoms with E-state index in [0.29, 0.717) is 51.0 Å². The van der Waals surface area contributed by atoms with Crippen molar-refractivity contribution in [3.05, 3.63) is 11.7 Å². The number of esters is 1. The van der Waals surface area contributed by atoms with Gasteiger partial charge in [0, 0.05) is 13.5 Å². The third-order valence-corrected chi connectivity index (χ3v) is 2.66. The fraction of sp³-hybridized carbons (Fsp3) is 0.769. The van der Waals surface area contributed by atoms with Gasteiger partial charge >= 0.3 is 5.97 Å². The van der Waals surface area contributed by atoms with E-state index >= 15 is 0 Å². The van der Waals surface area contributed by atoms with Gasteiger partial charge in [-0.05, 0) is 13.3 Å². The molecule has 0 saturated heterocycles. The van der Waals surface area contributed by atoms with Crippen LogP contribution in [0.5, 0.6) is 0 Å². The molecule has 0 bridgehead atoms. The van der Waals surface area contributed by atoms with Crippen LogP contribution in [0.3, 0.4) is 0 Å². The highest BCUT2D eigenvalue weighted by Gasteiger charge is 2.26. The van der Waals surface area contributed by atoms with Crippen molar-refractivity contribution < 1.29 is 23.5 Å². The Balaban J connectivity index is 2.46. The summed E-state index contributed by atoms with van der Waals surface area (Å²) in [6.45, 7) is 5.54. The average molecular weight is 286 g/mol. The molecule has 1 atom stereocenters. The maximum absolute atomic E-state index is 11.7. The van der Waals surface area contributed by atoms with Gasteiger partial charge in [-0.3, -0.25) is 4.79 Å². The van der Waals surface area contributed by atoms with Gasteiger partial charge in [0.1, 0.15) is 5.92 Å². The molecule has 0 aromatic carbocycles. The minimum absolute atomic E-state index is 0.304. The van der Waals surface area contributed by atoms with Crippen LogP contribution < -0.4 is 0 Å². The highest BCUT2D eigenvalue weighted by Crippen LogP contribution is 2.19. The van der Waals surface area contributed by atoms with Crippen LogP contribution in [0.2, 0.25) is 0 Å². The van der Waals surface area contributed by atoms with E-state index in [0.717, 1.165) is 0 Å². The number of rotatable bonds is 10. The van der Waals surface area contributed by atoms with Crippen LogP contribution in [0.1, 0.15) is 37.9 Å². The molecule has 0 aliphatic heterocycles. The van der Waals surface area contributed by atoms with Crippen molar-refractivity contribution in [2.45, 2.75) is 32.6 Å². The molecule has 0 amide bonds. The van der Waals surface area contributed by atoms with Crippen molar-refractivity contribution in [3.63, 3.8) is 0 Å². The second-order valence-corrected chi connectivity index (χ2v) is 4.12. The van der Waals surface area contributed by atoms with Crippen LogP contribution in [0.4, 0.5) is 0 Å². The van der Waals surface area contributed by atoms with Crippen LogP contribution in [-0.2, 0) is 25.4 Å². The van der Waals surface area contributed by atoms with Crippen LogP contribution in [0.15, 0.2) is 4.52 Å². The van der Waals surface area contributed by atoms with Crippen LogP contribution in [0.25, 0.3) is 0 Å². The molecule has 7 heteroatoms. The van der Waals surface area contributed by atoms with Gasteiger partial charge in [0.05, 0.1) is 26.4 Å². The number of aromatic nitrogens is 2. The quantitative estimate of drug-likeness (QED) is 0.474. The van der Waals surface area contributed by atoms with Crippen molar-refractivity contribution in [1.29, 1.82) is 0 Å². The zero-order valence-corrected chi connectivity index (χ0v) is 12.3. The summed E-state index contributed by atoms with van der Waals surface area (Å²) in [5.41, 5.74) is 0. The van der Waals surface area contributed by atoms with Crippen molar-refractivity contribution in [2.75, 3.05) is 33.5 Å². The molecular weight excluding hydrogens is 264 g/mol. The van der Waals surface area contributed by atoms with Gasteiger partial charge in [-0.1, -0.05) is 12.1 Å². The van der Waals surface area contributed by atoms with Gasteiger partial charge in [-0.25, -0.2) is 0 Å². The molecular formula is C13H22N2O5. The van der Waals surface area contributed by atoms with E-state index in [1.54, 1.807) is 14.0 Å². The number of carbonyl (C=O) groups is 1. The lowest BCUT2D eigenvalue weighted by atomic mass is 10.1. The summed E-state index contributed by atoms with van der Waals surface area (Å²) in [7, 11) is 1.62.